The molecule has 0 unspecified atom stereocenters. The molecule has 0 bridgehead atoms. The van der Waals surface area contributed by atoms with Crippen LogP contribution in [-0.4, -0.2) is 62.3 Å². The molecule has 7 heteroatoms. The van der Waals surface area contributed by atoms with Crippen LogP contribution in [0.3, 0.4) is 0 Å². The van der Waals surface area contributed by atoms with E-state index in [1.807, 2.05) is 19.1 Å². The van der Waals surface area contributed by atoms with E-state index in [1.165, 1.54) is 0 Å². The molecular weight excluding hydrogens is 455 g/mol. The normalized spacial score (nSPS) is 16.4. The molecule has 156 valence electrons. The van der Waals surface area contributed by atoms with Gasteiger partial charge in [0.2, 0.25) is 0 Å². The van der Waals surface area contributed by atoms with Gasteiger partial charge in [0.1, 0.15) is 5.76 Å². The van der Waals surface area contributed by atoms with Gasteiger partial charge in [-0.05, 0) is 52.2 Å². The number of guanidine groups is 1. The molecule has 0 aromatic carbocycles. The Balaban J connectivity index is 0.00000364. The minimum atomic E-state index is 0. The van der Waals surface area contributed by atoms with Gasteiger partial charge in [-0.25, -0.2) is 0 Å². The summed E-state index contributed by atoms with van der Waals surface area (Å²) in [5.74, 6) is 1.91. The second-order valence-corrected chi connectivity index (χ2v) is 7.09. The van der Waals surface area contributed by atoms with E-state index in [1.54, 1.807) is 6.26 Å². The van der Waals surface area contributed by atoms with Gasteiger partial charge >= 0.3 is 0 Å². The Kier molecular flexibility index (Phi) is 12.8. The Hall–Kier alpha value is -0.800. The van der Waals surface area contributed by atoms with Crippen LogP contribution in [0.5, 0.6) is 0 Å². The fourth-order valence-corrected chi connectivity index (χ4v) is 3.17. The Morgan fingerprint density at radius 3 is 2.78 bits per heavy atom. The molecule has 0 saturated carbocycles. The molecule has 1 aromatic heterocycles. The molecule has 1 saturated heterocycles. The summed E-state index contributed by atoms with van der Waals surface area (Å²) in [5.41, 5.74) is 0. The van der Waals surface area contributed by atoms with E-state index in [9.17, 15) is 0 Å². The zero-order valence-corrected chi connectivity index (χ0v) is 19.4. The number of halogens is 1. The zero-order valence-electron chi connectivity index (χ0n) is 17.1. The number of nitrogens with zero attached hydrogens (tertiary/aromatic N) is 2. The Bertz CT molecular complexity index is 500. The van der Waals surface area contributed by atoms with Gasteiger partial charge in [0.15, 0.2) is 5.96 Å². The van der Waals surface area contributed by atoms with Crippen LogP contribution in [0, 0.1) is 0 Å². The number of furan rings is 1. The summed E-state index contributed by atoms with van der Waals surface area (Å²) in [7, 11) is 0. The first-order valence-electron chi connectivity index (χ1n) is 10.1. The maximum absolute atomic E-state index is 5.40. The first-order valence-corrected chi connectivity index (χ1v) is 10.1. The van der Waals surface area contributed by atoms with E-state index in [0.29, 0.717) is 12.1 Å². The molecule has 0 aliphatic carbocycles. The molecule has 2 heterocycles. The van der Waals surface area contributed by atoms with Crippen molar-refractivity contribution in [3.63, 3.8) is 0 Å². The molecule has 0 atom stereocenters. The average Bonchev–Trinajstić information content (AvgIpc) is 3.15. The Morgan fingerprint density at radius 2 is 2.15 bits per heavy atom. The monoisotopic (exact) mass is 492 g/mol. The molecule has 2 rings (SSSR count). The van der Waals surface area contributed by atoms with Gasteiger partial charge in [-0.15, -0.1) is 24.0 Å². The summed E-state index contributed by atoms with van der Waals surface area (Å²) in [6.45, 7) is 12.0. The Labute approximate surface area is 181 Å². The maximum atomic E-state index is 5.40. The molecule has 1 aromatic rings. The van der Waals surface area contributed by atoms with E-state index >= 15 is 0 Å². The van der Waals surface area contributed by atoms with Gasteiger partial charge in [0.05, 0.1) is 6.26 Å². The lowest BCUT2D eigenvalue weighted by Crippen LogP contribution is -2.50. The largest absolute Gasteiger partial charge is 0.469 e. The van der Waals surface area contributed by atoms with Crippen LogP contribution in [0.1, 0.15) is 45.8 Å². The molecule has 27 heavy (non-hydrogen) atoms. The van der Waals surface area contributed by atoms with Crippen molar-refractivity contribution < 1.29 is 9.15 Å². The van der Waals surface area contributed by atoms with Crippen molar-refractivity contribution in [2.24, 2.45) is 4.99 Å². The molecule has 0 spiro atoms. The molecule has 1 aliphatic heterocycles. The van der Waals surface area contributed by atoms with Crippen molar-refractivity contribution in [1.82, 2.24) is 15.5 Å². The summed E-state index contributed by atoms with van der Waals surface area (Å²) in [5, 5.41) is 7.08. The molecule has 2 N–H and O–H groups in total. The minimum absolute atomic E-state index is 0. The van der Waals surface area contributed by atoms with Crippen LogP contribution in [-0.2, 0) is 11.2 Å². The fourth-order valence-electron chi connectivity index (χ4n) is 3.17. The quantitative estimate of drug-likeness (QED) is 0.227. The van der Waals surface area contributed by atoms with Crippen molar-refractivity contribution in [1.29, 1.82) is 0 Å². The first-order chi connectivity index (χ1) is 12.7. The van der Waals surface area contributed by atoms with Crippen molar-refractivity contribution in [2.45, 2.75) is 58.5 Å². The second kappa shape index (κ2) is 14.2. The van der Waals surface area contributed by atoms with Gasteiger partial charge in [-0.3, -0.25) is 4.99 Å². The number of likely N-dealkylation sites (tertiary alicyclic amines) is 1. The number of piperidine rings is 1. The van der Waals surface area contributed by atoms with E-state index < -0.39 is 0 Å². The minimum Gasteiger partial charge on any atom is -0.469 e. The summed E-state index contributed by atoms with van der Waals surface area (Å²) in [4.78, 5) is 7.28. The lowest BCUT2D eigenvalue weighted by molar-refractivity contribution is 0.146. The third-order valence-electron chi connectivity index (χ3n) is 4.77. The summed E-state index contributed by atoms with van der Waals surface area (Å²) in [6, 6.07) is 5.06. The Morgan fingerprint density at radius 1 is 1.37 bits per heavy atom. The third kappa shape index (κ3) is 9.80. The first kappa shape index (κ1) is 24.2. The lowest BCUT2D eigenvalue weighted by atomic mass is 10.0. The molecular formula is C20H37IN4O2. The number of ether oxygens (including phenoxy) is 1. The van der Waals surface area contributed by atoms with Crippen molar-refractivity contribution in [2.75, 3.05) is 39.4 Å². The second-order valence-electron chi connectivity index (χ2n) is 7.09. The molecule has 0 radical (unpaired) electrons. The van der Waals surface area contributed by atoms with E-state index in [0.717, 1.165) is 76.8 Å². The van der Waals surface area contributed by atoms with Gasteiger partial charge in [-0.1, -0.05) is 0 Å². The predicted molar refractivity (Wildman–Crippen MR) is 122 cm³/mol. The highest BCUT2D eigenvalue weighted by atomic mass is 127. The summed E-state index contributed by atoms with van der Waals surface area (Å²) in [6.07, 6.45) is 5.86. The number of aliphatic imine (C=N–C) groups is 1. The highest BCUT2D eigenvalue weighted by Gasteiger charge is 2.21. The lowest BCUT2D eigenvalue weighted by Gasteiger charge is -2.35. The number of hydrogen-bond donors (Lipinski definition) is 2. The zero-order chi connectivity index (χ0) is 18.6. The van der Waals surface area contributed by atoms with Crippen LogP contribution in [0.15, 0.2) is 27.8 Å². The van der Waals surface area contributed by atoms with Gasteiger partial charge in [0.25, 0.3) is 0 Å². The van der Waals surface area contributed by atoms with Crippen molar-refractivity contribution in [3.05, 3.63) is 24.2 Å². The average molecular weight is 492 g/mol. The number of hydrogen-bond acceptors (Lipinski definition) is 4. The van der Waals surface area contributed by atoms with Crippen LogP contribution in [0.2, 0.25) is 0 Å². The van der Waals surface area contributed by atoms with E-state index in [2.05, 4.69) is 29.4 Å². The van der Waals surface area contributed by atoms with Crippen molar-refractivity contribution >= 4 is 29.9 Å². The highest BCUT2D eigenvalue weighted by molar-refractivity contribution is 14.0. The number of rotatable bonds is 10. The molecule has 1 aliphatic rings. The molecule has 0 amide bonds. The fraction of sp³-hybridized carbons (Fsp3) is 0.750. The third-order valence-corrected chi connectivity index (χ3v) is 4.77. The predicted octanol–water partition coefficient (Wildman–Crippen LogP) is 3.27. The maximum Gasteiger partial charge on any atom is 0.191 e. The van der Waals surface area contributed by atoms with Gasteiger partial charge < -0.3 is 24.7 Å². The topological polar surface area (TPSA) is 62.0 Å². The van der Waals surface area contributed by atoms with E-state index in [4.69, 9.17) is 14.1 Å². The number of nitrogens with one attached hydrogen (secondary N) is 2. The summed E-state index contributed by atoms with van der Waals surface area (Å²) >= 11 is 0. The van der Waals surface area contributed by atoms with Crippen LogP contribution in [0.25, 0.3) is 0 Å². The van der Waals surface area contributed by atoms with Crippen LogP contribution in [0.4, 0.5) is 0 Å². The van der Waals surface area contributed by atoms with Crippen molar-refractivity contribution in [3.8, 4) is 0 Å². The van der Waals surface area contributed by atoms with E-state index in [-0.39, 0.29) is 24.0 Å². The smallest absolute Gasteiger partial charge is 0.191 e. The van der Waals surface area contributed by atoms with Crippen LogP contribution >= 0.6 is 24.0 Å². The van der Waals surface area contributed by atoms with Gasteiger partial charge in [-0.2, -0.15) is 0 Å². The molecule has 6 nitrogen and oxygen atoms in total. The van der Waals surface area contributed by atoms with Gasteiger partial charge in [0, 0.05) is 57.9 Å². The highest BCUT2D eigenvalue weighted by Crippen LogP contribution is 2.12. The standard InChI is InChI=1S/C20H36N4O2.HI/c1-4-25-15-6-11-21-20(22-12-8-19-7-5-16-26-19)23-18-9-13-24(14-10-18)17(2)3;/h5,7,16-18H,4,6,8-15H2,1-3H3,(H2,21,22,23);1H. The summed E-state index contributed by atoms with van der Waals surface area (Å²) < 4.78 is 10.8. The van der Waals surface area contributed by atoms with Crippen LogP contribution < -0.4 is 10.6 Å². The SMILES string of the molecule is CCOCCCN=C(NCCc1ccco1)NC1CCN(C(C)C)CC1.I. The molecule has 1 fully saturated rings.